The molecule has 3 rings (SSSR count). The number of likely N-dealkylation sites (N-methyl/N-ethyl adjacent to an activating group) is 1. The first-order chi connectivity index (χ1) is 10.5. The first-order valence-electron chi connectivity index (χ1n) is 7.67. The average Bonchev–Trinajstić information content (AvgIpc) is 2.47. The first kappa shape index (κ1) is 15.0. The van der Waals surface area contributed by atoms with Crippen molar-refractivity contribution in [2.24, 2.45) is 0 Å². The van der Waals surface area contributed by atoms with Gasteiger partial charge < -0.3 is 10.2 Å². The number of nitrogens with one attached hydrogen (secondary N) is 2. The average molecular weight is 304 g/mol. The third-order valence-corrected chi connectivity index (χ3v) is 4.38. The second kappa shape index (κ2) is 6.04. The van der Waals surface area contributed by atoms with Crippen molar-refractivity contribution in [2.75, 3.05) is 19.4 Å². The standard InChI is InChI=1S/C16H21FN4O/c1-21(2)14-6-4-3-5-12(14)18-16-19-13-9-10(17)7-8-11(13)15(22)20-16/h7-9,12,14H,3-6H2,1-2H3,(H2,18,19,20,22). The predicted molar refractivity (Wildman–Crippen MR) is 85.7 cm³/mol. The van der Waals surface area contributed by atoms with Gasteiger partial charge in [-0.1, -0.05) is 12.8 Å². The summed E-state index contributed by atoms with van der Waals surface area (Å²) in [7, 11) is 4.13. The van der Waals surface area contributed by atoms with E-state index in [0.717, 1.165) is 19.3 Å². The van der Waals surface area contributed by atoms with Crippen molar-refractivity contribution in [1.29, 1.82) is 0 Å². The van der Waals surface area contributed by atoms with Crippen LogP contribution in [0, 0.1) is 5.82 Å². The molecule has 6 heteroatoms. The Morgan fingerprint density at radius 2 is 2.09 bits per heavy atom. The van der Waals surface area contributed by atoms with Gasteiger partial charge in [-0.05, 0) is 39.1 Å². The van der Waals surface area contributed by atoms with E-state index >= 15 is 0 Å². The van der Waals surface area contributed by atoms with E-state index in [9.17, 15) is 9.18 Å². The van der Waals surface area contributed by atoms with Crippen molar-refractivity contribution in [3.63, 3.8) is 0 Å². The van der Waals surface area contributed by atoms with Crippen molar-refractivity contribution in [3.8, 4) is 0 Å². The number of aromatic nitrogens is 2. The Morgan fingerprint density at radius 1 is 1.32 bits per heavy atom. The molecule has 0 amide bonds. The molecular formula is C16H21FN4O. The lowest BCUT2D eigenvalue weighted by Gasteiger charge is -2.36. The highest BCUT2D eigenvalue weighted by Crippen LogP contribution is 2.24. The van der Waals surface area contributed by atoms with Gasteiger partial charge in [-0.15, -0.1) is 0 Å². The fourth-order valence-electron chi connectivity index (χ4n) is 3.25. The summed E-state index contributed by atoms with van der Waals surface area (Å²) in [6, 6.07) is 4.67. The number of hydrogen-bond acceptors (Lipinski definition) is 4. The Morgan fingerprint density at radius 3 is 2.86 bits per heavy atom. The molecule has 0 radical (unpaired) electrons. The van der Waals surface area contributed by atoms with Crippen LogP contribution in [0.15, 0.2) is 23.0 Å². The van der Waals surface area contributed by atoms with E-state index in [1.807, 2.05) is 0 Å². The Hall–Kier alpha value is -1.95. The minimum atomic E-state index is -0.389. The lowest BCUT2D eigenvalue weighted by molar-refractivity contribution is 0.211. The molecule has 0 aliphatic heterocycles. The molecule has 1 fully saturated rings. The third kappa shape index (κ3) is 2.97. The normalized spacial score (nSPS) is 22.2. The molecule has 0 saturated heterocycles. The van der Waals surface area contributed by atoms with Gasteiger partial charge in [0.15, 0.2) is 0 Å². The van der Waals surface area contributed by atoms with Gasteiger partial charge in [-0.2, -0.15) is 0 Å². The number of nitrogens with zero attached hydrogens (tertiary/aromatic N) is 2. The smallest absolute Gasteiger partial charge is 0.260 e. The van der Waals surface area contributed by atoms with Crippen LogP contribution in [0.4, 0.5) is 10.3 Å². The van der Waals surface area contributed by atoms with Crippen molar-refractivity contribution in [3.05, 3.63) is 34.4 Å². The maximum atomic E-state index is 13.3. The summed E-state index contributed by atoms with van der Waals surface area (Å²) in [5.74, 6) is 0.0298. The number of halogens is 1. The van der Waals surface area contributed by atoms with E-state index in [4.69, 9.17) is 0 Å². The van der Waals surface area contributed by atoms with Crippen molar-refractivity contribution in [1.82, 2.24) is 14.9 Å². The molecule has 2 unspecified atom stereocenters. The quantitative estimate of drug-likeness (QED) is 0.914. The van der Waals surface area contributed by atoms with Crippen LogP contribution in [0.5, 0.6) is 0 Å². The second-order valence-corrected chi connectivity index (χ2v) is 6.14. The molecule has 1 heterocycles. The van der Waals surface area contributed by atoms with Crippen LogP contribution in [-0.2, 0) is 0 Å². The van der Waals surface area contributed by atoms with Crippen LogP contribution in [-0.4, -0.2) is 41.0 Å². The van der Waals surface area contributed by atoms with E-state index in [1.165, 1.54) is 24.6 Å². The molecular weight excluding hydrogens is 283 g/mol. The van der Waals surface area contributed by atoms with Crippen molar-refractivity contribution < 1.29 is 4.39 Å². The minimum absolute atomic E-state index is 0.234. The Labute approximate surface area is 128 Å². The van der Waals surface area contributed by atoms with Gasteiger partial charge in [0.1, 0.15) is 5.82 Å². The highest BCUT2D eigenvalue weighted by molar-refractivity contribution is 5.78. The number of hydrogen-bond donors (Lipinski definition) is 2. The van der Waals surface area contributed by atoms with Crippen molar-refractivity contribution in [2.45, 2.75) is 37.8 Å². The van der Waals surface area contributed by atoms with Gasteiger partial charge in [0.05, 0.1) is 10.9 Å². The van der Waals surface area contributed by atoms with E-state index in [0.29, 0.717) is 22.9 Å². The topological polar surface area (TPSA) is 61.0 Å². The molecule has 1 saturated carbocycles. The Kier molecular flexibility index (Phi) is 4.11. The summed E-state index contributed by atoms with van der Waals surface area (Å²) in [5.41, 5.74) is 0.133. The van der Waals surface area contributed by atoms with Gasteiger partial charge in [-0.3, -0.25) is 9.78 Å². The van der Waals surface area contributed by atoms with Crippen LogP contribution in [0.25, 0.3) is 10.9 Å². The molecule has 1 aliphatic carbocycles. The third-order valence-electron chi connectivity index (χ3n) is 4.38. The predicted octanol–water partition coefficient (Wildman–Crippen LogP) is 2.35. The number of fused-ring (bicyclic) bond motifs is 1. The van der Waals surface area contributed by atoms with Crippen LogP contribution >= 0.6 is 0 Å². The lowest BCUT2D eigenvalue weighted by Crippen LogP contribution is -2.45. The van der Waals surface area contributed by atoms with Gasteiger partial charge in [0.2, 0.25) is 5.95 Å². The molecule has 1 aliphatic rings. The van der Waals surface area contributed by atoms with Gasteiger partial charge in [0, 0.05) is 18.2 Å². The molecule has 118 valence electrons. The monoisotopic (exact) mass is 304 g/mol. The summed E-state index contributed by atoms with van der Waals surface area (Å²) in [5, 5.41) is 3.74. The SMILES string of the molecule is CN(C)C1CCCCC1Nc1nc2cc(F)ccc2c(=O)[nH]1. The number of anilines is 1. The molecule has 1 aromatic carbocycles. The van der Waals surface area contributed by atoms with Crippen LogP contribution in [0.3, 0.4) is 0 Å². The van der Waals surface area contributed by atoms with Crippen LogP contribution < -0.4 is 10.9 Å². The highest BCUT2D eigenvalue weighted by Gasteiger charge is 2.27. The number of aromatic amines is 1. The van der Waals surface area contributed by atoms with Gasteiger partial charge in [0.25, 0.3) is 5.56 Å². The molecule has 0 bridgehead atoms. The number of rotatable bonds is 3. The van der Waals surface area contributed by atoms with E-state index in [2.05, 4.69) is 34.3 Å². The summed E-state index contributed by atoms with van der Waals surface area (Å²) in [4.78, 5) is 21.4. The molecule has 22 heavy (non-hydrogen) atoms. The summed E-state index contributed by atoms with van der Waals surface area (Å²) in [6.45, 7) is 0. The largest absolute Gasteiger partial charge is 0.351 e. The molecule has 0 spiro atoms. The van der Waals surface area contributed by atoms with Gasteiger partial charge in [-0.25, -0.2) is 9.37 Å². The maximum absolute atomic E-state index is 13.3. The molecule has 2 aromatic rings. The number of benzene rings is 1. The Balaban J connectivity index is 1.91. The molecule has 5 nitrogen and oxygen atoms in total. The summed E-state index contributed by atoms with van der Waals surface area (Å²) < 4.78 is 13.3. The van der Waals surface area contributed by atoms with Crippen molar-refractivity contribution >= 4 is 16.9 Å². The van der Waals surface area contributed by atoms with Crippen LogP contribution in [0.2, 0.25) is 0 Å². The molecule has 2 N–H and O–H groups in total. The fourth-order valence-corrected chi connectivity index (χ4v) is 3.25. The van der Waals surface area contributed by atoms with Gasteiger partial charge >= 0.3 is 0 Å². The lowest BCUT2D eigenvalue weighted by atomic mass is 9.89. The zero-order chi connectivity index (χ0) is 15.7. The van der Waals surface area contributed by atoms with E-state index in [1.54, 1.807) is 0 Å². The van der Waals surface area contributed by atoms with E-state index < -0.39 is 0 Å². The zero-order valence-electron chi connectivity index (χ0n) is 12.9. The summed E-state index contributed by atoms with van der Waals surface area (Å²) >= 11 is 0. The maximum Gasteiger partial charge on any atom is 0.260 e. The minimum Gasteiger partial charge on any atom is -0.351 e. The first-order valence-corrected chi connectivity index (χ1v) is 7.67. The van der Waals surface area contributed by atoms with Crippen LogP contribution in [0.1, 0.15) is 25.7 Å². The second-order valence-electron chi connectivity index (χ2n) is 6.14. The zero-order valence-corrected chi connectivity index (χ0v) is 12.9. The fraction of sp³-hybridized carbons (Fsp3) is 0.500. The van der Waals surface area contributed by atoms with E-state index in [-0.39, 0.29) is 17.4 Å². The summed E-state index contributed by atoms with van der Waals surface area (Å²) in [6.07, 6.45) is 4.53. The molecule has 2 atom stereocenters. The number of H-pyrrole nitrogens is 1. The highest BCUT2D eigenvalue weighted by atomic mass is 19.1. The Bertz CT molecular complexity index is 728. The molecule has 1 aromatic heterocycles.